The van der Waals surface area contributed by atoms with E-state index < -0.39 is 10.0 Å². The van der Waals surface area contributed by atoms with Gasteiger partial charge in [-0.05, 0) is 44.9 Å². The number of carbonyl (C=O) groups is 1. The lowest BCUT2D eigenvalue weighted by Crippen LogP contribution is -2.32. The maximum atomic E-state index is 13.5. The van der Waals surface area contributed by atoms with Gasteiger partial charge in [0.15, 0.2) is 0 Å². The van der Waals surface area contributed by atoms with Crippen LogP contribution in [0.5, 0.6) is 0 Å². The Morgan fingerprint density at radius 2 is 1.81 bits per heavy atom. The lowest BCUT2D eigenvalue weighted by molar-refractivity contribution is 0.0785. The highest BCUT2D eigenvalue weighted by molar-refractivity contribution is 7.89. The van der Waals surface area contributed by atoms with Crippen molar-refractivity contribution < 1.29 is 17.7 Å². The number of aromatic nitrogens is 1. The van der Waals surface area contributed by atoms with E-state index in [0.29, 0.717) is 31.0 Å². The van der Waals surface area contributed by atoms with Crippen molar-refractivity contribution in [1.82, 2.24) is 14.4 Å². The Kier molecular flexibility index (Phi) is 7.06. The fourth-order valence-electron chi connectivity index (χ4n) is 4.04. The van der Waals surface area contributed by atoms with Crippen LogP contribution >= 0.6 is 0 Å². The van der Waals surface area contributed by atoms with Crippen LogP contribution in [-0.2, 0) is 16.6 Å². The Labute approximate surface area is 184 Å². The molecule has 1 aromatic heterocycles. The average molecular weight is 449 g/mol. The standard InChI is InChI=1S/C22H32N4O4S/c1-6-26(7-2)31(28,29)18-10-11-21(25-12-8-9-13-25)19(14-18)22(27)24(5)15-20-16(3)23-30-17(20)4/h10-11,14H,6-9,12-13,15H2,1-5H3. The summed E-state index contributed by atoms with van der Waals surface area (Å²) in [5, 5.41) is 3.96. The van der Waals surface area contributed by atoms with Gasteiger partial charge in [-0.15, -0.1) is 0 Å². The molecule has 1 aromatic carbocycles. The summed E-state index contributed by atoms with van der Waals surface area (Å²) in [6.45, 7) is 10.1. The van der Waals surface area contributed by atoms with Crippen LogP contribution in [0.3, 0.4) is 0 Å². The Balaban J connectivity index is 2.01. The summed E-state index contributed by atoms with van der Waals surface area (Å²) < 4.78 is 32.8. The number of rotatable bonds is 8. The summed E-state index contributed by atoms with van der Waals surface area (Å²) in [7, 11) is -1.95. The Morgan fingerprint density at radius 1 is 1.16 bits per heavy atom. The largest absolute Gasteiger partial charge is 0.371 e. The number of benzene rings is 1. The molecule has 2 heterocycles. The zero-order valence-corrected chi connectivity index (χ0v) is 19.8. The maximum Gasteiger partial charge on any atom is 0.256 e. The van der Waals surface area contributed by atoms with Gasteiger partial charge in [0.05, 0.1) is 22.7 Å². The van der Waals surface area contributed by atoms with Crippen molar-refractivity contribution in [3.8, 4) is 0 Å². The van der Waals surface area contributed by atoms with E-state index in [1.807, 2.05) is 27.7 Å². The number of hydrogen-bond acceptors (Lipinski definition) is 6. The van der Waals surface area contributed by atoms with Gasteiger partial charge in [0.25, 0.3) is 5.91 Å². The van der Waals surface area contributed by atoms with Gasteiger partial charge in [0.1, 0.15) is 5.76 Å². The summed E-state index contributed by atoms with van der Waals surface area (Å²) >= 11 is 0. The van der Waals surface area contributed by atoms with Gasteiger partial charge < -0.3 is 14.3 Å². The lowest BCUT2D eigenvalue weighted by Gasteiger charge is -2.25. The molecule has 0 unspecified atom stereocenters. The van der Waals surface area contributed by atoms with Crippen molar-refractivity contribution in [1.29, 1.82) is 0 Å². The molecule has 0 spiro atoms. The quantitative estimate of drug-likeness (QED) is 0.616. The first-order valence-corrected chi connectivity index (χ1v) is 12.2. The van der Waals surface area contributed by atoms with Crippen LogP contribution in [-0.4, -0.2) is 61.9 Å². The number of aryl methyl sites for hydroxylation is 2. The third-order valence-electron chi connectivity index (χ3n) is 5.91. The van der Waals surface area contributed by atoms with Crippen molar-refractivity contribution in [3.63, 3.8) is 0 Å². The van der Waals surface area contributed by atoms with Crippen molar-refractivity contribution >= 4 is 21.6 Å². The molecule has 0 saturated carbocycles. The van der Waals surface area contributed by atoms with Gasteiger partial charge in [0, 0.05) is 44.5 Å². The van der Waals surface area contributed by atoms with E-state index in [1.54, 1.807) is 24.1 Å². The van der Waals surface area contributed by atoms with Crippen LogP contribution in [0.2, 0.25) is 0 Å². The normalized spacial score (nSPS) is 14.5. The number of anilines is 1. The molecular formula is C22H32N4O4S. The molecule has 0 bridgehead atoms. The second-order valence-electron chi connectivity index (χ2n) is 7.93. The third-order valence-corrected chi connectivity index (χ3v) is 7.96. The van der Waals surface area contributed by atoms with Crippen molar-refractivity contribution in [2.45, 2.75) is 52.0 Å². The van der Waals surface area contributed by atoms with Crippen LogP contribution in [0.1, 0.15) is 54.1 Å². The minimum atomic E-state index is -3.67. The summed E-state index contributed by atoms with van der Waals surface area (Å²) in [5.74, 6) is 0.452. The summed E-state index contributed by atoms with van der Waals surface area (Å²) in [6, 6.07) is 4.93. The molecule has 170 valence electrons. The molecule has 1 aliphatic heterocycles. The molecule has 0 atom stereocenters. The zero-order valence-electron chi connectivity index (χ0n) is 19.0. The molecule has 1 aliphatic rings. The first kappa shape index (κ1) is 23.3. The summed E-state index contributed by atoms with van der Waals surface area (Å²) in [6.07, 6.45) is 2.12. The maximum absolute atomic E-state index is 13.5. The molecule has 1 amide bonds. The zero-order chi connectivity index (χ0) is 22.8. The highest BCUT2D eigenvalue weighted by Gasteiger charge is 2.28. The molecule has 0 radical (unpaired) electrons. The van der Waals surface area contributed by atoms with E-state index in [1.165, 1.54) is 10.4 Å². The monoisotopic (exact) mass is 448 g/mol. The smallest absolute Gasteiger partial charge is 0.256 e. The number of hydrogen-bond donors (Lipinski definition) is 0. The summed E-state index contributed by atoms with van der Waals surface area (Å²) in [4.78, 5) is 17.4. The molecule has 8 nitrogen and oxygen atoms in total. The number of carbonyl (C=O) groups excluding carboxylic acids is 1. The fraction of sp³-hybridized carbons (Fsp3) is 0.545. The Bertz CT molecular complexity index is 1020. The second kappa shape index (κ2) is 9.40. The van der Waals surface area contributed by atoms with Gasteiger partial charge >= 0.3 is 0 Å². The average Bonchev–Trinajstić information content (AvgIpc) is 3.39. The van der Waals surface area contributed by atoms with Gasteiger partial charge in [0.2, 0.25) is 10.0 Å². The van der Waals surface area contributed by atoms with Crippen LogP contribution in [0.4, 0.5) is 5.69 Å². The Morgan fingerprint density at radius 3 is 2.35 bits per heavy atom. The van der Waals surface area contributed by atoms with Crippen LogP contribution in [0.15, 0.2) is 27.6 Å². The molecule has 2 aromatic rings. The van der Waals surface area contributed by atoms with E-state index in [0.717, 1.165) is 42.9 Å². The fourth-order valence-corrected chi connectivity index (χ4v) is 5.52. The van der Waals surface area contributed by atoms with E-state index in [9.17, 15) is 13.2 Å². The number of amides is 1. The second-order valence-corrected chi connectivity index (χ2v) is 9.86. The van der Waals surface area contributed by atoms with Crippen LogP contribution in [0, 0.1) is 13.8 Å². The predicted molar refractivity (Wildman–Crippen MR) is 120 cm³/mol. The number of nitrogens with zero attached hydrogens (tertiary/aromatic N) is 4. The van der Waals surface area contributed by atoms with E-state index in [4.69, 9.17) is 4.52 Å². The van der Waals surface area contributed by atoms with Crippen LogP contribution < -0.4 is 4.90 Å². The molecular weight excluding hydrogens is 416 g/mol. The van der Waals surface area contributed by atoms with E-state index in [-0.39, 0.29) is 10.8 Å². The molecule has 1 saturated heterocycles. The molecule has 9 heteroatoms. The van der Waals surface area contributed by atoms with Gasteiger partial charge in [-0.25, -0.2) is 8.42 Å². The third kappa shape index (κ3) is 4.62. The number of sulfonamides is 1. The minimum Gasteiger partial charge on any atom is -0.371 e. The highest BCUT2D eigenvalue weighted by Crippen LogP contribution is 2.30. The van der Waals surface area contributed by atoms with Gasteiger partial charge in [-0.1, -0.05) is 19.0 Å². The van der Waals surface area contributed by atoms with Crippen molar-refractivity contribution in [3.05, 3.63) is 40.8 Å². The molecule has 1 fully saturated rings. The van der Waals surface area contributed by atoms with Crippen molar-refractivity contribution in [2.75, 3.05) is 38.1 Å². The van der Waals surface area contributed by atoms with E-state index in [2.05, 4.69) is 10.1 Å². The molecule has 0 aliphatic carbocycles. The molecule has 0 N–H and O–H groups in total. The Hall–Kier alpha value is -2.39. The predicted octanol–water partition coefficient (Wildman–Crippen LogP) is 3.19. The molecule has 3 rings (SSSR count). The van der Waals surface area contributed by atoms with E-state index >= 15 is 0 Å². The molecule has 31 heavy (non-hydrogen) atoms. The van der Waals surface area contributed by atoms with Crippen molar-refractivity contribution in [2.24, 2.45) is 0 Å². The minimum absolute atomic E-state index is 0.147. The lowest BCUT2D eigenvalue weighted by atomic mass is 10.1. The van der Waals surface area contributed by atoms with Crippen LogP contribution in [0.25, 0.3) is 0 Å². The first-order valence-electron chi connectivity index (χ1n) is 10.8. The SMILES string of the molecule is CCN(CC)S(=O)(=O)c1ccc(N2CCCC2)c(C(=O)N(C)Cc2c(C)noc2C)c1. The topological polar surface area (TPSA) is 87.0 Å². The van der Waals surface area contributed by atoms with Gasteiger partial charge in [-0.3, -0.25) is 4.79 Å². The first-order chi connectivity index (χ1) is 14.7. The summed E-state index contributed by atoms with van der Waals surface area (Å²) in [5.41, 5.74) is 2.80. The van der Waals surface area contributed by atoms with Gasteiger partial charge in [-0.2, -0.15) is 4.31 Å². The highest BCUT2D eigenvalue weighted by atomic mass is 32.2.